The maximum Gasteiger partial charge on any atom is 0.152 e. The van der Waals surface area contributed by atoms with E-state index in [-0.39, 0.29) is 13.2 Å². The first-order chi connectivity index (χ1) is 12.6. The molecular formula is C20H24F2O4. The maximum absolute atomic E-state index is 14.0. The summed E-state index contributed by atoms with van der Waals surface area (Å²) in [6.07, 6.45) is -7.58. The Morgan fingerprint density at radius 3 is 1.35 bits per heavy atom. The predicted molar refractivity (Wildman–Crippen MR) is 94.0 cm³/mol. The number of aliphatic hydroxyl groups is 2. The molecule has 0 aliphatic carbocycles. The summed E-state index contributed by atoms with van der Waals surface area (Å²) in [5, 5.41) is 19.5. The minimum atomic E-state index is -1.90. The molecule has 2 aromatic rings. The highest BCUT2D eigenvalue weighted by atomic mass is 19.1. The molecule has 0 aliphatic rings. The van der Waals surface area contributed by atoms with Crippen molar-refractivity contribution in [3.8, 4) is 0 Å². The summed E-state index contributed by atoms with van der Waals surface area (Å²) >= 11 is 0. The van der Waals surface area contributed by atoms with Gasteiger partial charge in [0.1, 0.15) is 12.2 Å². The molecule has 0 amide bonds. The van der Waals surface area contributed by atoms with Gasteiger partial charge in [0.25, 0.3) is 0 Å². The van der Waals surface area contributed by atoms with E-state index in [0.29, 0.717) is 0 Å². The van der Waals surface area contributed by atoms with Crippen LogP contribution in [0.15, 0.2) is 60.7 Å². The molecule has 0 spiro atoms. The van der Waals surface area contributed by atoms with Crippen molar-refractivity contribution in [1.82, 2.24) is 0 Å². The van der Waals surface area contributed by atoms with Crippen LogP contribution in [0.2, 0.25) is 0 Å². The van der Waals surface area contributed by atoms with Gasteiger partial charge in [0.2, 0.25) is 0 Å². The van der Waals surface area contributed by atoms with Gasteiger partial charge in [-0.05, 0) is 11.1 Å². The second-order valence-electron chi connectivity index (χ2n) is 6.01. The van der Waals surface area contributed by atoms with Crippen molar-refractivity contribution in [2.45, 2.75) is 37.8 Å². The molecule has 0 radical (unpaired) electrons. The molecule has 2 aromatic carbocycles. The number of hydrogen-bond donors (Lipinski definition) is 2. The summed E-state index contributed by atoms with van der Waals surface area (Å²) in [7, 11) is 0. The Morgan fingerprint density at radius 1 is 0.654 bits per heavy atom. The van der Waals surface area contributed by atoms with E-state index in [2.05, 4.69) is 0 Å². The summed E-state index contributed by atoms with van der Waals surface area (Å²) < 4.78 is 38.3. The first kappa shape index (κ1) is 20.5. The van der Waals surface area contributed by atoms with E-state index in [1.165, 1.54) is 0 Å². The van der Waals surface area contributed by atoms with Crippen LogP contribution in [-0.2, 0) is 22.7 Å². The number of alkyl halides is 2. The first-order valence-corrected chi connectivity index (χ1v) is 8.45. The van der Waals surface area contributed by atoms with E-state index < -0.39 is 37.8 Å². The fourth-order valence-corrected chi connectivity index (χ4v) is 2.35. The first-order valence-electron chi connectivity index (χ1n) is 8.45. The highest BCUT2D eigenvalue weighted by Crippen LogP contribution is 2.13. The molecule has 2 N–H and O–H groups in total. The summed E-state index contributed by atoms with van der Waals surface area (Å²) in [6.45, 7) is -0.540. The van der Waals surface area contributed by atoms with Gasteiger partial charge in [0, 0.05) is 0 Å². The second kappa shape index (κ2) is 11.0. The molecule has 142 valence electrons. The molecule has 0 fully saturated rings. The molecule has 0 aliphatic heterocycles. The smallest absolute Gasteiger partial charge is 0.152 e. The van der Waals surface area contributed by atoms with Crippen LogP contribution in [0.5, 0.6) is 0 Å². The third-order valence-electron chi connectivity index (χ3n) is 3.87. The Hall–Kier alpha value is -1.86. The molecule has 0 unspecified atom stereocenters. The SMILES string of the molecule is O[C@@H]([C@H](O)[C@H](F)COCc1ccccc1)[C@H](F)COCc1ccccc1. The van der Waals surface area contributed by atoms with Gasteiger partial charge in [-0.3, -0.25) is 0 Å². The molecule has 4 atom stereocenters. The monoisotopic (exact) mass is 366 g/mol. The van der Waals surface area contributed by atoms with E-state index in [1.54, 1.807) is 0 Å². The van der Waals surface area contributed by atoms with E-state index in [1.807, 2.05) is 60.7 Å². The molecule has 26 heavy (non-hydrogen) atoms. The maximum atomic E-state index is 14.0. The fraction of sp³-hybridized carbons (Fsp3) is 0.400. The van der Waals surface area contributed by atoms with Gasteiger partial charge in [0.15, 0.2) is 12.3 Å². The largest absolute Gasteiger partial charge is 0.387 e. The van der Waals surface area contributed by atoms with E-state index in [0.717, 1.165) is 11.1 Å². The van der Waals surface area contributed by atoms with Crippen molar-refractivity contribution >= 4 is 0 Å². The van der Waals surface area contributed by atoms with Gasteiger partial charge in [-0.15, -0.1) is 0 Å². The Bertz CT molecular complexity index is 556. The topological polar surface area (TPSA) is 58.9 Å². The third kappa shape index (κ3) is 6.80. The zero-order valence-corrected chi connectivity index (χ0v) is 14.4. The Morgan fingerprint density at radius 2 is 1.00 bits per heavy atom. The standard InChI is InChI=1S/C20H24F2O4/c21-17(13-25-11-15-7-3-1-4-8-15)19(23)20(24)18(22)14-26-12-16-9-5-2-6-10-16/h1-10,17-20,23-24H,11-14H2/t17-,18-,19-,20-/m1/s1. The lowest BCUT2D eigenvalue weighted by Gasteiger charge is -2.24. The van der Waals surface area contributed by atoms with Crippen molar-refractivity contribution < 1.29 is 28.5 Å². The molecule has 0 bridgehead atoms. The summed E-state index contributed by atoms with van der Waals surface area (Å²) in [5.74, 6) is 0. The number of aliphatic hydroxyl groups excluding tert-OH is 2. The molecular weight excluding hydrogens is 342 g/mol. The Kier molecular flexibility index (Phi) is 8.64. The van der Waals surface area contributed by atoms with E-state index in [4.69, 9.17) is 9.47 Å². The number of rotatable bonds is 11. The average Bonchev–Trinajstić information content (AvgIpc) is 2.68. The summed E-state index contributed by atoms with van der Waals surface area (Å²) in [5.41, 5.74) is 1.71. The zero-order valence-electron chi connectivity index (χ0n) is 14.4. The second-order valence-corrected chi connectivity index (χ2v) is 6.01. The number of halogens is 2. The van der Waals surface area contributed by atoms with Crippen LogP contribution in [0.3, 0.4) is 0 Å². The van der Waals surface area contributed by atoms with Gasteiger partial charge in [0.05, 0.1) is 26.4 Å². The molecule has 0 saturated heterocycles. The van der Waals surface area contributed by atoms with Crippen LogP contribution in [0, 0.1) is 0 Å². The molecule has 0 heterocycles. The Balaban J connectivity index is 1.68. The fourth-order valence-electron chi connectivity index (χ4n) is 2.35. The van der Waals surface area contributed by atoms with E-state index >= 15 is 0 Å². The quantitative estimate of drug-likeness (QED) is 0.642. The highest BCUT2D eigenvalue weighted by Gasteiger charge is 2.32. The minimum Gasteiger partial charge on any atom is -0.387 e. The predicted octanol–water partition coefficient (Wildman–Crippen LogP) is 2.82. The van der Waals surface area contributed by atoms with Crippen molar-refractivity contribution in [1.29, 1.82) is 0 Å². The van der Waals surface area contributed by atoms with Gasteiger partial charge in [-0.1, -0.05) is 60.7 Å². The number of benzene rings is 2. The van der Waals surface area contributed by atoms with Crippen molar-refractivity contribution in [3.63, 3.8) is 0 Å². The van der Waals surface area contributed by atoms with Gasteiger partial charge in [-0.25, -0.2) is 8.78 Å². The number of hydrogen-bond acceptors (Lipinski definition) is 4. The lowest BCUT2D eigenvalue weighted by Crippen LogP contribution is -2.44. The van der Waals surface area contributed by atoms with Crippen LogP contribution in [0.25, 0.3) is 0 Å². The van der Waals surface area contributed by atoms with Gasteiger partial charge in [-0.2, -0.15) is 0 Å². The molecule has 0 aromatic heterocycles. The van der Waals surface area contributed by atoms with Crippen LogP contribution >= 0.6 is 0 Å². The number of ether oxygens (including phenoxy) is 2. The van der Waals surface area contributed by atoms with Crippen molar-refractivity contribution in [3.05, 3.63) is 71.8 Å². The van der Waals surface area contributed by atoms with Gasteiger partial charge < -0.3 is 19.7 Å². The van der Waals surface area contributed by atoms with Gasteiger partial charge >= 0.3 is 0 Å². The lowest BCUT2D eigenvalue weighted by molar-refractivity contribution is -0.0983. The zero-order chi connectivity index (χ0) is 18.8. The average molecular weight is 366 g/mol. The minimum absolute atomic E-state index is 0.170. The highest BCUT2D eigenvalue weighted by molar-refractivity contribution is 5.14. The Labute approximate surface area is 152 Å². The summed E-state index contributed by atoms with van der Waals surface area (Å²) in [4.78, 5) is 0. The molecule has 2 rings (SSSR count). The van der Waals surface area contributed by atoms with Crippen LogP contribution in [0.4, 0.5) is 8.78 Å². The normalized spacial score (nSPS) is 16.0. The van der Waals surface area contributed by atoms with Crippen molar-refractivity contribution in [2.75, 3.05) is 13.2 Å². The molecule has 4 nitrogen and oxygen atoms in total. The van der Waals surface area contributed by atoms with Crippen molar-refractivity contribution in [2.24, 2.45) is 0 Å². The third-order valence-corrected chi connectivity index (χ3v) is 3.87. The summed E-state index contributed by atoms with van der Waals surface area (Å²) in [6, 6.07) is 18.3. The van der Waals surface area contributed by atoms with Crippen LogP contribution in [0.1, 0.15) is 11.1 Å². The molecule has 0 saturated carbocycles. The van der Waals surface area contributed by atoms with Crippen LogP contribution in [-0.4, -0.2) is 48.0 Å². The van der Waals surface area contributed by atoms with E-state index in [9.17, 15) is 19.0 Å². The lowest BCUT2D eigenvalue weighted by atomic mass is 10.1. The molecule has 6 heteroatoms. The van der Waals surface area contributed by atoms with Crippen LogP contribution < -0.4 is 0 Å².